The fourth-order valence-corrected chi connectivity index (χ4v) is 1.39. The van der Waals surface area contributed by atoms with E-state index in [0.29, 0.717) is 12.5 Å². The Hall–Kier alpha value is -1.01. The van der Waals surface area contributed by atoms with Crippen molar-refractivity contribution in [2.75, 3.05) is 19.6 Å². The summed E-state index contributed by atoms with van der Waals surface area (Å²) in [6.07, 6.45) is 7.28. The van der Waals surface area contributed by atoms with Crippen molar-refractivity contribution in [1.29, 1.82) is 0 Å². The van der Waals surface area contributed by atoms with E-state index in [2.05, 4.69) is 10.6 Å². The first-order valence-electron chi connectivity index (χ1n) is 4.28. The van der Waals surface area contributed by atoms with Crippen LogP contribution < -0.4 is 10.6 Å². The summed E-state index contributed by atoms with van der Waals surface area (Å²) in [7, 11) is 0. The molecule has 0 aliphatic carbocycles. The largest absolute Gasteiger partial charge is 0.345 e. The zero-order valence-corrected chi connectivity index (χ0v) is 7.10. The highest BCUT2D eigenvalue weighted by atomic mass is 16.1. The van der Waals surface area contributed by atoms with Gasteiger partial charge in [0.15, 0.2) is 0 Å². The Kier molecular flexibility index (Phi) is 3.62. The van der Waals surface area contributed by atoms with Gasteiger partial charge in [-0.2, -0.15) is 0 Å². The molecular formula is C9H14N2O. The summed E-state index contributed by atoms with van der Waals surface area (Å²) in [4.78, 5) is 10.7. The van der Waals surface area contributed by atoms with Crippen LogP contribution >= 0.6 is 0 Å². The van der Waals surface area contributed by atoms with Crippen LogP contribution in [0.4, 0.5) is 0 Å². The van der Waals surface area contributed by atoms with Crippen LogP contribution in [0.2, 0.25) is 0 Å². The van der Waals surface area contributed by atoms with Crippen molar-refractivity contribution in [3.8, 4) is 12.3 Å². The van der Waals surface area contributed by atoms with Gasteiger partial charge >= 0.3 is 0 Å². The van der Waals surface area contributed by atoms with Crippen molar-refractivity contribution in [2.45, 2.75) is 12.8 Å². The lowest BCUT2D eigenvalue weighted by atomic mass is 10.00. The normalized spacial score (nSPS) is 22.8. The number of amides is 1. The van der Waals surface area contributed by atoms with Gasteiger partial charge in [0.2, 0.25) is 0 Å². The van der Waals surface area contributed by atoms with Crippen molar-refractivity contribution in [3.63, 3.8) is 0 Å². The van der Waals surface area contributed by atoms with E-state index < -0.39 is 0 Å². The van der Waals surface area contributed by atoms with Crippen LogP contribution in [-0.4, -0.2) is 25.5 Å². The smallest absolute Gasteiger partial charge is 0.295 e. The average Bonchev–Trinajstić information content (AvgIpc) is 2.16. The van der Waals surface area contributed by atoms with Crippen LogP contribution in [-0.2, 0) is 4.79 Å². The van der Waals surface area contributed by atoms with Crippen molar-refractivity contribution < 1.29 is 4.79 Å². The SMILES string of the molecule is C#CC(=O)NCC1CCCNC1. The lowest BCUT2D eigenvalue weighted by molar-refractivity contribution is -0.115. The Balaban J connectivity index is 2.14. The molecule has 2 N–H and O–H groups in total. The monoisotopic (exact) mass is 166 g/mol. The molecule has 0 spiro atoms. The van der Waals surface area contributed by atoms with Gasteiger partial charge in [0, 0.05) is 6.54 Å². The lowest BCUT2D eigenvalue weighted by Gasteiger charge is -2.22. The molecule has 66 valence electrons. The third-order valence-electron chi connectivity index (χ3n) is 2.08. The topological polar surface area (TPSA) is 41.1 Å². The molecule has 1 atom stereocenters. The van der Waals surface area contributed by atoms with Gasteiger partial charge in [-0.25, -0.2) is 0 Å². The summed E-state index contributed by atoms with van der Waals surface area (Å²) in [5.41, 5.74) is 0. The summed E-state index contributed by atoms with van der Waals surface area (Å²) < 4.78 is 0. The van der Waals surface area contributed by atoms with Gasteiger partial charge in [0.25, 0.3) is 5.91 Å². The molecule has 0 aromatic carbocycles. The molecule has 0 saturated carbocycles. The van der Waals surface area contributed by atoms with Crippen LogP contribution in [0.1, 0.15) is 12.8 Å². The summed E-state index contributed by atoms with van der Waals surface area (Å²) in [5, 5.41) is 5.96. The molecule has 0 bridgehead atoms. The first kappa shape index (κ1) is 9.08. The Morgan fingerprint density at radius 1 is 1.75 bits per heavy atom. The van der Waals surface area contributed by atoms with E-state index in [1.807, 2.05) is 5.92 Å². The average molecular weight is 166 g/mol. The standard InChI is InChI=1S/C9H14N2O/c1-2-9(12)11-7-8-4-3-5-10-6-8/h1,8,10H,3-7H2,(H,11,12). The van der Waals surface area contributed by atoms with Crippen molar-refractivity contribution in [2.24, 2.45) is 5.92 Å². The number of terminal acetylenes is 1. The fourth-order valence-electron chi connectivity index (χ4n) is 1.39. The van der Waals surface area contributed by atoms with E-state index in [1.165, 1.54) is 12.8 Å². The minimum Gasteiger partial charge on any atom is -0.345 e. The molecule has 1 aliphatic heterocycles. The minimum atomic E-state index is -0.305. The quantitative estimate of drug-likeness (QED) is 0.555. The van der Waals surface area contributed by atoms with Crippen LogP contribution in [0.15, 0.2) is 0 Å². The maximum Gasteiger partial charge on any atom is 0.295 e. The summed E-state index contributed by atoms with van der Waals surface area (Å²) in [5.74, 6) is 2.28. The van der Waals surface area contributed by atoms with Gasteiger partial charge in [-0.15, -0.1) is 6.42 Å². The van der Waals surface area contributed by atoms with Gasteiger partial charge in [-0.05, 0) is 37.8 Å². The van der Waals surface area contributed by atoms with E-state index in [1.54, 1.807) is 0 Å². The molecule has 1 heterocycles. The fraction of sp³-hybridized carbons (Fsp3) is 0.667. The number of carbonyl (C=O) groups excluding carboxylic acids is 1. The van der Waals surface area contributed by atoms with Gasteiger partial charge in [-0.1, -0.05) is 0 Å². The lowest BCUT2D eigenvalue weighted by Crippen LogP contribution is -2.37. The number of hydrogen-bond acceptors (Lipinski definition) is 2. The maximum atomic E-state index is 10.7. The van der Waals surface area contributed by atoms with Gasteiger partial charge < -0.3 is 10.6 Å². The van der Waals surface area contributed by atoms with Crippen molar-refractivity contribution in [1.82, 2.24) is 10.6 Å². The predicted octanol–water partition coefficient (Wildman–Crippen LogP) is -0.265. The second-order valence-electron chi connectivity index (χ2n) is 3.07. The number of hydrogen-bond donors (Lipinski definition) is 2. The zero-order chi connectivity index (χ0) is 8.81. The van der Waals surface area contributed by atoms with E-state index in [4.69, 9.17) is 6.42 Å². The third kappa shape index (κ3) is 2.93. The van der Waals surface area contributed by atoms with Crippen LogP contribution in [0, 0.1) is 18.3 Å². The molecule has 1 saturated heterocycles. The zero-order valence-electron chi connectivity index (χ0n) is 7.10. The van der Waals surface area contributed by atoms with Crippen molar-refractivity contribution in [3.05, 3.63) is 0 Å². The molecule has 0 aromatic heterocycles. The van der Waals surface area contributed by atoms with E-state index >= 15 is 0 Å². The molecule has 0 radical (unpaired) electrons. The first-order valence-corrected chi connectivity index (χ1v) is 4.28. The van der Waals surface area contributed by atoms with E-state index in [-0.39, 0.29) is 5.91 Å². The van der Waals surface area contributed by atoms with Gasteiger partial charge in [0.05, 0.1) is 0 Å². The number of nitrogens with one attached hydrogen (secondary N) is 2. The van der Waals surface area contributed by atoms with Crippen LogP contribution in [0.5, 0.6) is 0 Å². The van der Waals surface area contributed by atoms with Crippen LogP contribution in [0.3, 0.4) is 0 Å². The van der Waals surface area contributed by atoms with E-state index in [0.717, 1.165) is 13.1 Å². The molecule has 1 aliphatic rings. The summed E-state index contributed by atoms with van der Waals surface area (Å²) in [6, 6.07) is 0. The highest BCUT2D eigenvalue weighted by Crippen LogP contribution is 2.07. The maximum absolute atomic E-state index is 10.7. The first-order chi connectivity index (χ1) is 5.83. The molecule has 1 unspecified atom stereocenters. The molecule has 1 fully saturated rings. The molecule has 1 rings (SSSR count). The Morgan fingerprint density at radius 2 is 2.58 bits per heavy atom. The molecule has 1 amide bonds. The van der Waals surface area contributed by atoms with Crippen molar-refractivity contribution >= 4 is 5.91 Å². The number of carbonyl (C=O) groups is 1. The molecule has 12 heavy (non-hydrogen) atoms. The minimum absolute atomic E-state index is 0.305. The molecular weight excluding hydrogens is 152 g/mol. The Bertz CT molecular complexity index is 189. The third-order valence-corrected chi connectivity index (χ3v) is 2.08. The van der Waals surface area contributed by atoms with Gasteiger partial charge in [0.1, 0.15) is 0 Å². The second kappa shape index (κ2) is 4.78. The Morgan fingerprint density at radius 3 is 3.17 bits per heavy atom. The van der Waals surface area contributed by atoms with Crippen LogP contribution in [0.25, 0.3) is 0 Å². The van der Waals surface area contributed by atoms with Gasteiger partial charge in [-0.3, -0.25) is 4.79 Å². The second-order valence-corrected chi connectivity index (χ2v) is 3.07. The molecule has 3 heteroatoms. The Labute approximate surface area is 72.9 Å². The predicted molar refractivity (Wildman–Crippen MR) is 47.4 cm³/mol. The highest BCUT2D eigenvalue weighted by molar-refractivity contribution is 5.92. The molecule has 0 aromatic rings. The number of rotatable bonds is 2. The molecule has 3 nitrogen and oxygen atoms in total. The highest BCUT2D eigenvalue weighted by Gasteiger charge is 2.12. The summed E-state index contributed by atoms with van der Waals surface area (Å²) in [6.45, 7) is 2.79. The van der Waals surface area contributed by atoms with E-state index in [9.17, 15) is 4.79 Å². The number of piperidine rings is 1. The summed E-state index contributed by atoms with van der Waals surface area (Å²) >= 11 is 0.